The smallest absolute Gasteiger partial charge is 0.232 e. The lowest BCUT2D eigenvalue weighted by atomic mass is 10.3. The van der Waals surface area contributed by atoms with Gasteiger partial charge in [-0.1, -0.05) is 18.2 Å². The first-order valence-corrected chi connectivity index (χ1v) is 10.3. The summed E-state index contributed by atoms with van der Waals surface area (Å²) in [6, 6.07) is 15.9. The summed E-state index contributed by atoms with van der Waals surface area (Å²) in [4.78, 5) is 11.9. The van der Waals surface area contributed by atoms with Gasteiger partial charge in [0, 0.05) is 6.54 Å². The number of anilines is 1. The van der Waals surface area contributed by atoms with Gasteiger partial charge in [-0.05, 0) is 36.4 Å². The Morgan fingerprint density at radius 1 is 1.04 bits per heavy atom. The van der Waals surface area contributed by atoms with Crippen LogP contribution in [0.3, 0.4) is 0 Å². The average Bonchev–Trinajstić information content (AvgIpc) is 2.65. The molecule has 146 valence electrons. The zero-order valence-electron chi connectivity index (χ0n) is 15.4. The fourth-order valence-electron chi connectivity index (χ4n) is 2.40. The lowest BCUT2D eigenvalue weighted by molar-refractivity contribution is -0.121. The Morgan fingerprint density at radius 3 is 2.30 bits per heavy atom. The molecule has 0 aliphatic heterocycles. The van der Waals surface area contributed by atoms with E-state index in [9.17, 15) is 13.2 Å². The summed E-state index contributed by atoms with van der Waals surface area (Å²) in [5.41, 5.74) is 0.514. The molecule has 0 spiro atoms. The number of para-hydroxylation sites is 1. The second kappa shape index (κ2) is 9.82. The number of rotatable bonds is 10. The van der Waals surface area contributed by atoms with Gasteiger partial charge in [-0.3, -0.25) is 9.10 Å². The number of carbonyl (C=O) groups is 1. The van der Waals surface area contributed by atoms with Crippen LogP contribution in [-0.4, -0.2) is 47.4 Å². The quantitative estimate of drug-likeness (QED) is 0.669. The highest BCUT2D eigenvalue weighted by Gasteiger charge is 2.17. The Kier molecular flexibility index (Phi) is 7.48. The number of amides is 1. The van der Waals surface area contributed by atoms with E-state index in [4.69, 9.17) is 9.47 Å². The molecule has 0 aliphatic rings. The molecular weight excluding hydrogens is 368 g/mol. The molecule has 0 heterocycles. The monoisotopic (exact) mass is 392 g/mol. The number of carbonyl (C=O) groups excluding carboxylic acids is 1. The fourth-order valence-corrected chi connectivity index (χ4v) is 3.33. The van der Waals surface area contributed by atoms with Crippen LogP contribution in [0.1, 0.15) is 6.42 Å². The Balaban J connectivity index is 1.81. The van der Waals surface area contributed by atoms with E-state index >= 15 is 0 Å². The fraction of sp³-hybridized carbons (Fsp3) is 0.316. The second-order valence-electron chi connectivity index (χ2n) is 5.79. The van der Waals surface area contributed by atoms with Gasteiger partial charge in [-0.25, -0.2) is 8.42 Å². The van der Waals surface area contributed by atoms with Crippen LogP contribution < -0.4 is 19.1 Å². The summed E-state index contributed by atoms with van der Waals surface area (Å²) >= 11 is 0. The van der Waals surface area contributed by atoms with E-state index in [1.807, 2.05) is 30.3 Å². The molecule has 8 heteroatoms. The Labute approximate surface area is 160 Å². The van der Waals surface area contributed by atoms with Crippen molar-refractivity contribution >= 4 is 21.6 Å². The first-order valence-electron chi connectivity index (χ1n) is 8.46. The zero-order valence-corrected chi connectivity index (χ0v) is 16.2. The number of sulfonamides is 1. The van der Waals surface area contributed by atoms with Gasteiger partial charge >= 0.3 is 0 Å². The molecule has 27 heavy (non-hydrogen) atoms. The van der Waals surface area contributed by atoms with E-state index < -0.39 is 10.0 Å². The summed E-state index contributed by atoms with van der Waals surface area (Å²) in [5, 5.41) is 2.71. The van der Waals surface area contributed by atoms with Gasteiger partial charge in [-0.15, -0.1) is 0 Å². The Hall–Kier alpha value is -2.74. The van der Waals surface area contributed by atoms with E-state index in [0.29, 0.717) is 17.2 Å². The number of ether oxygens (including phenoxy) is 2. The van der Waals surface area contributed by atoms with Crippen molar-refractivity contribution in [2.75, 3.05) is 37.4 Å². The molecule has 0 fully saturated rings. The Morgan fingerprint density at radius 2 is 1.70 bits per heavy atom. The molecule has 2 aromatic rings. The molecule has 1 amide bonds. The van der Waals surface area contributed by atoms with Crippen LogP contribution in [0.25, 0.3) is 0 Å². The summed E-state index contributed by atoms with van der Waals surface area (Å²) in [6.07, 6.45) is 1.32. The van der Waals surface area contributed by atoms with Crippen molar-refractivity contribution in [3.63, 3.8) is 0 Å². The topological polar surface area (TPSA) is 84.9 Å². The highest BCUT2D eigenvalue weighted by atomic mass is 32.2. The van der Waals surface area contributed by atoms with Crippen LogP contribution in [0, 0.1) is 0 Å². The lowest BCUT2D eigenvalue weighted by Gasteiger charge is -2.22. The van der Waals surface area contributed by atoms with Crippen molar-refractivity contribution in [1.29, 1.82) is 0 Å². The summed E-state index contributed by atoms with van der Waals surface area (Å²) in [6.45, 7) is 0.587. The number of nitrogens with zero attached hydrogens (tertiary/aromatic N) is 1. The van der Waals surface area contributed by atoms with Crippen molar-refractivity contribution in [2.45, 2.75) is 6.42 Å². The van der Waals surface area contributed by atoms with Gasteiger partial charge in [-0.2, -0.15) is 0 Å². The molecule has 0 unspecified atom stereocenters. The largest absolute Gasteiger partial charge is 0.497 e. The third-order valence-corrected chi connectivity index (χ3v) is 4.93. The van der Waals surface area contributed by atoms with E-state index in [0.717, 1.165) is 6.26 Å². The number of benzene rings is 2. The van der Waals surface area contributed by atoms with E-state index in [-0.39, 0.29) is 32.0 Å². The van der Waals surface area contributed by atoms with Crippen LogP contribution >= 0.6 is 0 Å². The van der Waals surface area contributed by atoms with Crippen molar-refractivity contribution in [3.05, 3.63) is 54.6 Å². The molecule has 0 radical (unpaired) electrons. The zero-order chi connectivity index (χ0) is 19.7. The summed E-state index contributed by atoms with van der Waals surface area (Å²) in [5.74, 6) is 1.14. The highest BCUT2D eigenvalue weighted by Crippen LogP contribution is 2.21. The molecule has 7 nitrogen and oxygen atoms in total. The summed E-state index contributed by atoms with van der Waals surface area (Å²) < 4.78 is 35.9. The van der Waals surface area contributed by atoms with Gasteiger partial charge in [0.1, 0.15) is 11.5 Å². The SMILES string of the molecule is COc1ccc(N(CCNC(=O)CCOc2ccccc2)S(C)(=O)=O)cc1. The van der Waals surface area contributed by atoms with Crippen LogP contribution in [0.4, 0.5) is 5.69 Å². The maximum atomic E-state index is 12.1. The van der Waals surface area contributed by atoms with Crippen LogP contribution in [0.2, 0.25) is 0 Å². The molecular formula is C19H24N2O5S. The second-order valence-corrected chi connectivity index (χ2v) is 7.70. The van der Waals surface area contributed by atoms with Crippen molar-refractivity contribution in [3.8, 4) is 11.5 Å². The van der Waals surface area contributed by atoms with Crippen molar-refractivity contribution in [2.24, 2.45) is 0 Å². The number of methoxy groups -OCH3 is 1. The minimum atomic E-state index is -3.47. The number of nitrogens with one attached hydrogen (secondary N) is 1. The van der Waals surface area contributed by atoms with Gasteiger partial charge in [0.25, 0.3) is 0 Å². The van der Waals surface area contributed by atoms with Crippen LogP contribution in [-0.2, 0) is 14.8 Å². The first kappa shape index (κ1) is 20.6. The third kappa shape index (κ3) is 6.82. The molecule has 1 N–H and O–H groups in total. The third-order valence-electron chi connectivity index (χ3n) is 3.74. The van der Waals surface area contributed by atoms with Gasteiger partial charge in [0.2, 0.25) is 15.9 Å². The van der Waals surface area contributed by atoms with Gasteiger partial charge < -0.3 is 14.8 Å². The normalized spacial score (nSPS) is 10.9. The van der Waals surface area contributed by atoms with Crippen molar-refractivity contribution in [1.82, 2.24) is 5.32 Å². The maximum Gasteiger partial charge on any atom is 0.232 e. The first-order chi connectivity index (χ1) is 12.9. The van der Waals surface area contributed by atoms with Gasteiger partial charge in [0.05, 0.1) is 38.6 Å². The average molecular weight is 392 g/mol. The highest BCUT2D eigenvalue weighted by molar-refractivity contribution is 7.92. The lowest BCUT2D eigenvalue weighted by Crippen LogP contribution is -2.38. The minimum absolute atomic E-state index is 0.135. The minimum Gasteiger partial charge on any atom is -0.497 e. The molecule has 0 saturated heterocycles. The van der Waals surface area contributed by atoms with Crippen molar-refractivity contribution < 1.29 is 22.7 Å². The molecule has 0 aromatic heterocycles. The van der Waals surface area contributed by atoms with E-state index in [1.165, 1.54) is 4.31 Å². The van der Waals surface area contributed by atoms with Crippen LogP contribution in [0.5, 0.6) is 11.5 Å². The molecule has 0 aliphatic carbocycles. The Bertz CT molecular complexity index is 823. The van der Waals surface area contributed by atoms with Gasteiger partial charge in [0.15, 0.2) is 0 Å². The molecule has 0 atom stereocenters. The van der Waals surface area contributed by atoms with Crippen LogP contribution in [0.15, 0.2) is 54.6 Å². The molecule has 0 saturated carbocycles. The van der Waals surface area contributed by atoms with E-state index in [2.05, 4.69) is 5.32 Å². The number of hydrogen-bond donors (Lipinski definition) is 1. The van der Waals surface area contributed by atoms with E-state index in [1.54, 1.807) is 31.4 Å². The molecule has 2 rings (SSSR count). The molecule has 0 bridgehead atoms. The predicted molar refractivity (Wildman–Crippen MR) is 105 cm³/mol. The predicted octanol–water partition coefficient (Wildman–Crippen LogP) is 2.05. The molecule has 2 aromatic carbocycles. The standard InChI is InChI=1S/C19H24N2O5S/c1-25-17-10-8-16(9-11-17)21(27(2,23)24)14-13-20-19(22)12-15-26-18-6-4-3-5-7-18/h3-11H,12-15H2,1-2H3,(H,20,22). The number of hydrogen-bond acceptors (Lipinski definition) is 5. The summed E-state index contributed by atoms with van der Waals surface area (Å²) in [7, 11) is -1.93. The maximum absolute atomic E-state index is 12.1.